The molecule has 0 fully saturated rings. The van der Waals surface area contributed by atoms with Crippen LogP contribution in [0.4, 0.5) is 0 Å². The largest absolute Gasteiger partial charge is 0.366 e. The molecule has 0 aliphatic heterocycles. The quantitative estimate of drug-likeness (QED) is 0.726. The highest BCUT2D eigenvalue weighted by atomic mass is 16.1. The molecule has 0 aromatic heterocycles. The highest BCUT2D eigenvalue weighted by Gasteiger charge is 2.13. The minimum Gasteiger partial charge on any atom is -0.366 e. The molecule has 3 heteroatoms. The van der Waals surface area contributed by atoms with Crippen molar-refractivity contribution in [3.63, 3.8) is 0 Å². The first-order valence-corrected chi connectivity index (χ1v) is 7.71. The van der Waals surface area contributed by atoms with Crippen molar-refractivity contribution < 1.29 is 9.59 Å². The number of ketones is 1. The average Bonchev–Trinajstić information content (AvgIpc) is 2.62. The molecule has 0 aliphatic rings. The minimum atomic E-state index is -0.492. The fourth-order valence-corrected chi connectivity index (χ4v) is 2.71. The van der Waals surface area contributed by atoms with Crippen LogP contribution in [-0.2, 0) is 6.42 Å². The van der Waals surface area contributed by atoms with Crippen molar-refractivity contribution >= 4 is 11.7 Å². The van der Waals surface area contributed by atoms with E-state index >= 15 is 0 Å². The van der Waals surface area contributed by atoms with Gasteiger partial charge in [-0.2, -0.15) is 0 Å². The van der Waals surface area contributed by atoms with E-state index < -0.39 is 5.91 Å². The van der Waals surface area contributed by atoms with E-state index in [-0.39, 0.29) is 12.2 Å². The molecular weight excluding hydrogens is 298 g/mol. The number of nitrogens with two attached hydrogens (primary N) is 1. The normalized spacial score (nSPS) is 10.3. The molecule has 3 nitrogen and oxygen atoms in total. The van der Waals surface area contributed by atoms with Gasteiger partial charge in [0.15, 0.2) is 5.78 Å². The number of rotatable bonds is 5. The van der Waals surface area contributed by atoms with Crippen molar-refractivity contribution in [3.05, 3.63) is 95.6 Å². The van der Waals surface area contributed by atoms with Gasteiger partial charge in [-0.05, 0) is 28.8 Å². The van der Waals surface area contributed by atoms with Gasteiger partial charge in [-0.25, -0.2) is 0 Å². The second kappa shape index (κ2) is 6.92. The molecule has 24 heavy (non-hydrogen) atoms. The lowest BCUT2D eigenvalue weighted by Gasteiger charge is -2.09. The Hall–Kier alpha value is -3.20. The van der Waals surface area contributed by atoms with Crippen LogP contribution < -0.4 is 5.73 Å². The van der Waals surface area contributed by atoms with Crippen molar-refractivity contribution in [1.82, 2.24) is 0 Å². The molecule has 3 aromatic carbocycles. The van der Waals surface area contributed by atoms with E-state index in [1.807, 2.05) is 60.7 Å². The van der Waals surface area contributed by atoms with Gasteiger partial charge in [-0.3, -0.25) is 9.59 Å². The van der Waals surface area contributed by atoms with E-state index in [2.05, 4.69) is 0 Å². The van der Waals surface area contributed by atoms with Crippen LogP contribution in [0.5, 0.6) is 0 Å². The fourth-order valence-electron chi connectivity index (χ4n) is 2.71. The molecule has 0 bridgehead atoms. The first kappa shape index (κ1) is 15.7. The third-order valence-electron chi connectivity index (χ3n) is 3.89. The van der Waals surface area contributed by atoms with E-state index in [0.717, 1.165) is 16.7 Å². The Bertz CT molecular complexity index is 885. The first-order chi connectivity index (χ1) is 11.6. The maximum atomic E-state index is 12.8. The van der Waals surface area contributed by atoms with Crippen LogP contribution in [0, 0.1) is 0 Å². The Morgan fingerprint density at radius 2 is 1.50 bits per heavy atom. The van der Waals surface area contributed by atoms with Crippen molar-refractivity contribution in [2.75, 3.05) is 0 Å². The number of hydrogen-bond acceptors (Lipinski definition) is 2. The number of carbonyl (C=O) groups excluding carboxylic acids is 2. The molecule has 3 rings (SSSR count). The Morgan fingerprint density at radius 1 is 0.792 bits per heavy atom. The zero-order valence-corrected chi connectivity index (χ0v) is 13.1. The predicted molar refractivity (Wildman–Crippen MR) is 94.9 cm³/mol. The van der Waals surface area contributed by atoms with Gasteiger partial charge in [0.25, 0.3) is 0 Å². The predicted octanol–water partition coefficient (Wildman–Crippen LogP) is 3.88. The number of primary amides is 1. The SMILES string of the molecule is NC(=O)c1cccc(CC(=O)c2ccccc2-c2ccccc2)c1. The van der Waals surface area contributed by atoms with Crippen LogP contribution in [0.1, 0.15) is 26.3 Å². The fraction of sp³-hybridized carbons (Fsp3) is 0.0476. The van der Waals surface area contributed by atoms with Crippen molar-refractivity contribution in [2.24, 2.45) is 5.73 Å². The molecule has 118 valence electrons. The first-order valence-electron chi connectivity index (χ1n) is 7.71. The van der Waals surface area contributed by atoms with E-state index in [1.54, 1.807) is 18.2 Å². The van der Waals surface area contributed by atoms with E-state index in [9.17, 15) is 9.59 Å². The van der Waals surface area contributed by atoms with Crippen LogP contribution in [0.25, 0.3) is 11.1 Å². The number of carbonyl (C=O) groups is 2. The molecule has 0 aliphatic carbocycles. The summed E-state index contributed by atoms with van der Waals surface area (Å²) < 4.78 is 0. The summed E-state index contributed by atoms with van der Waals surface area (Å²) in [6.45, 7) is 0. The molecule has 0 saturated carbocycles. The summed E-state index contributed by atoms with van der Waals surface area (Å²) in [4.78, 5) is 24.1. The average molecular weight is 315 g/mol. The number of hydrogen-bond donors (Lipinski definition) is 1. The Morgan fingerprint density at radius 3 is 2.25 bits per heavy atom. The van der Waals surface area contributed by atoms with Gasteiger partial charge in [0.05, 0.1) is 0 Å². The zero-order valence-electron chi connectivity index (χ0n) is 13.1. The zero-order chi connectivity index (χ0) is 16.9. The van der Waals surface area contributed by atoms with Crippen LogP contribution in [0.15, 0.2) is 78.9 Å². The minimum absolute atomic E-state index is 0.0103. The molecule has 0 atom stereocenters. The van der Waals surface area contributed by atoms with Gasteiger partial charge >= 0.3 is 0 Å². The van der Waals surface area contributed by atoms with Gasteiger partial charge in [0.2, 0.25) is 5.91 Å². The maximum absolute atomic E-state index is 12.8. The Labute approximate surface area is 140 Å². The summed E-state index contributed by atoms with van der Waals surface area (Å²) in [5.41, 5.74) is 9.08. The third kappa shape index (κ3) is 3.41. The molecule has 2 N–H and O–H groups in total. The molecule has 0 unspecified atom stereocenters. The second-order valence-corrected chi connectivity index (χ2v) is 5.58. The monoisotopic (exact) mass is 315 g/mol. The van der Waals surface area contributed by atoms with Gasteiger partial charge in [0, 0.05) is 17.5 Å². The van der Waals surface area contributed by atoms with Crippen molar-refractivity contribution in [2.45, 2.75) is 6.42 Å². The number of Topliss-reactive ketones (excluding diaryl/α,β-unsaturated/α-hetero) is 1. The van der Waals surface area contributed by atoms with E-state index in [0.29, 0.717) is 11.1 Å². The lowest BCUT2D eigenvalue weighted by Crippen LogP contribution is -2.12. The molecule has 0 heterocycles. The Balaban J connectivity index is 1.92. The standard InChI is InChI=1S/C21H17NO2/c22-21(24)17-10-6-7-15(13-17)14-20(23)19-12-5-4-11-18(19)16-8-2-1-3-9-16/h1-13H,14H2,(H2,22,24). The van der Waals surface area contributed by atoms with E-state index in [1.165, 1.54) is 0 Å². The smallest absolute Gasteiger partial charge is 0.248 e. The van der Waals surface area contributed by atoms with Crippen LogP contribution in [0.3, 0.4) is 0 Å². The maximum Gasteiger partial charge on any atom is 0.248 e. The van der Waals surface area contributed by atoms with Crippen molar-refractivity contribution in [3.8, 4) is 11.1 Å². The topological polar surface area (TPSA) is 60.2 Å². The van der Waals surface area contributed by atoms with Gasteiger partial charge < -0.3 is 5.73 Å². The van der Waals surface area contributed by atoms with Crippen molar-refractivity contribution in [1.29, 1.82) is 0 Å². The summed E-state index contributed by atoms with van der Waals surface area (Å²) in [5.74, 6) is -0.481. The van der Waals surface area contributed by atoms with Crippen LogP contribution >= 0.6 is 0 Å². The molecule has 0 radical (unpaired) electrons. The molecule has 3 aromatic rings. The number of amides is 1. The highest BCUT2D eigenvalue weighted by Crippen LogP contribution is 2.24. The lowest BCUT2D eigenvalue weighted by atomic mass is 9.94. The van der Waals surface area contributed by atoms with Gasteiger partial charge in [-0.15, -0.1) is 0 Å². The van der Waals surface area contributed by atoms with Gasteiger partial charge in [0.1, 0.15) is 0 Å². The summed E-state index contributed by atoms with van der Waals surface area (Å²) in [7, 11) is 0. The summed E-state index contributed by atoms with van der Waals surface area (Å²) in [6, 6.07) is 24.3. The summed E-state index contributed by atoms with van der Waals surface area (Å²) in [6.07, 6.45) is 0.227. The molecule has 0 spiro atoms. The van der Waals surface area contributed by atoms with Crippen LogP contribution in [0.2, 0.25) is 0 Å². The summed E-state index contributed by atoms with van der Waals surface area (Å²) in [5, 5.41) is 0. The Kier molecular flexibility index (Phi) is 4.52. The van der Waals surface area contributed by atoms with Gasteiger partial charge in [-0.1, -0.05) is 66.7 Å². The lowest BCUT2D eigenvalue weighted by molar-refractivity contribution is 0.0984. The second-order valence-electron chi connectivity index (χ2n) is 5.58. The highest BCUT2D eigenvalue weighted by molar-refractivity contribution is 6.03. The molecule has 0 saturated heterocycles. The third-order valence-corrected chi connectivity index (χ3v) is 3.89. The summed E-state index contributed by atoms with van der Waals surface area (Å²) >= 11 is 0. The molecule has 1 amide bonds. The van der Waals surface area contributed by atoms with Crippen LogP contribution in [-0.4, -0.2) is 11.7 Å². The number of benzene rings is 3. The molecular formula is C21H17NO2. The van der Waals surface area contributed by atoms with E-state index in [4.69, 9.17) is 5.73 Å².